The molecule has 1 aromatic carbocycles. The predicted molar refractivity (Wildman–Crippen MR) is 86.4 cm³/mol. The van der Waals surface area contributed by atoms with Gasteiger partial charge in [0, 0.05) is 23.0 Å². The van der Waals surface area contributed by atoms with Crippen LogP contribution in [-0.2, 0) is 13.0 Å². The lowest BCUT2D eigenvalue weighted by Gasteiger charge is -2.01. The minimum Gasteiger partial charge on any atom is -0.309 e. The normalized spacial score (nSPS) is 14.6. The topological polar surface area (TPSA) is 24.9 Å². The molecule has 3 rings (SSSR count). The molecule has 0 amide bonds. The maximum atomic E-state index is 13.3. The first-order valence-corrected chi connectivity index (χ1v) is 8.54. The third kappa shape index (κ3) is 3.62. The Morgan fingerprint density at radius 3 is 2.90 bits per heavy atom. The van der Waals surface area contributed by atoms with Gasteiger partial charge in [0.25, 0.3) is 0 Å². The molecule has 1 N–H and O–H groups in total. The highest BCUT2D eigenvalue weighted by molar-refractivity contribution is 7.15. The maximum absolute atomic E-state index is 13.3. The molecule has 1 aromatic heterocycles. The van der Waals surface area contributed by atoms with Crippen LogP contribution < -0.4 is 5.32 Å². The standard InChI is InChI=1S/C16H18ClFN2S/c1-2-3-14-15(9-19-11-5-6-11)21-16(20-14)10-4-7-13(18)12(17)8-10/h4,7-8,11,19H,2-3,5-6,9H2,1H3. The molecular weight excluding hydrogens is 307 g/mol. The Kier molecular flexibility index (Phi) is 4.57. The molecule has 0 saturated heterocycles. The molecule has 1 aliphatic carbocycles. The molecule has 1 heterocycles. The minimum absolute atomic E-state index is 0.150. The van der Waals surface area contributed by atoms with Gasteiger partial charge in [-0.15, -0.1) is 11.3 Å². The van der Waals surface area contributed by atoms with Crippen LogP contribution >= 0.6 is 22.9 Å². The van der Waals surface area contributed by atoms with Crippen molar-refractivity contribution in [2.75, 3.05) is 0 Å². The smallest absolute Gasteiger partial charge is 0.141 e. The number of thiazole rings is 1. The molecule has 1 saturated carbocycles. The number of nitrogens with one attached hydrogen (secondary N) is 1. The lowest BCUT2D eigenvalue weighted by atomic mass is 10.2. The predicted octanol–water partition coefficient (Wildman–Crippen LogP) is 4.81. The second-order valence-corrected chi connectivity index (χ2v) is 6.91. The van der Waals surface area contributed by atoms with Crippen molar-refractivity contribution < 1.29 is 4.39 Å². The highest BCUT2D eigenvalue weighted by atomic mass is 35.5. The first-order chi connectivity index (χ1) is 10.2. The van der Waals surface area contributed by atoms with Crippen LogP contribution in [0.5, 0.6) is 0 Å². The van der Waals surface area contributed by atoms with Gasteiger partial charge in [0.2, 0.25) is 0 Å². The third-order valence-electron chi connectivity index (χ3n) is 3.56. The first-order valence-electron chi connectivity index (χ1n) is 7.34. The van der Waals surface area contributed by atoms with E-state index >= 15 is 0 Å². The van der Waals surface area contributed by atoms with Crippen LogP contribution in [0.2, 0.25) is 5.02 Å². The van der Waals surface area contributed by atoms with Gasteiger partial charge in [-0.1, -0.05) is 24.9 Å². The summed E-state index contributed by atoms with van der Waals surface area (Å²) >= 11 is 7.55. The Morgan fingerprint density at radius 1 is 1.43 bits per heavy atom. The summed E-state index contributed by atoms with van der Waals surface area (Å²) in [6.45, 7) is 3.04. The van der Waals surface area contributed by atoms with Gasteiger partial charge in [0.15, 0.2) is 0 Å². The number of nitrogens with zero attached hydrogens (tertiary/aromatic N) is 1. The van der Waals surface area contributed by atoms with Crippen LogP contribution in [0, 0.1) is 5.82 Å². The Labute approximate surface area is 133 Å². The van der Waals surface area contributed by atoms with Crippen molar-refractivity contribution in [3.05, 3.63) is 39.6 Å². The van der Waals surface area contributed by atoms with Gasteiger partial charge in [-0.3, -0.25) is 0 Å². The van der Waals surface area contributed by atoms with Crippen LogP contribution in [0.15, 0.2) is 18.2 Å². The highest BCUT2D eigenvalue weighted by Crippen LogP contribution is 2.32. The number of benzene rings is 1. The zero-order valence-corrected chi connectivity index (χ0v) is 13.5. The summed E-state index contributed by atoms with van der Waals surface area (Å²) in [6.07, 6.45) is 4.61. The average Bonchev–Trinajstić information content (AvgIpc) is 3.21. The van der Waals surface area contributed by atoms with Crippen molar-refractivity contribution in [1.82, 2.24) is 10.3 Å². The van der Waals surface area contributed by atoms with Crippen LogP contribution in [0.4, 0.5) is 4.39 Å². The van der Waals surface area contributed by atoms with Crippen molar-refractivity contribution >= 4 is 22.9 Å². The Hall–Kier alpha value is -0.970. The Bertz CT molecular complexity index is 637. The molecule has 1 fully saturated rings. The second-order valence-electron chi connectivity index (χ2n) is 5.42. The van der Waals surface area contributed by atoms with E-state index < -0.39 is 0 Å². The van der Waals surface area contributed by atoms with Crippen molar-refractivity contribution in [2.24, 2.45) is 0 Å². The molecular formula is C16H18ClFN2S. The van der Waals surface area contributed by atoms with E-state index in [2.05, 4.69) is 12.2 Å². The number of hydrogen-bond acceptors (Lipinski definition) is 3. The lowest BCUT2D eigenvalue weighted by Crippen LogP contribution is -2.15. The number of aryl methyl sites for hydroxylation is 1. The van der Waals surface area contributed by atoms with E-state index in [-0.39, 0.29) is 10.8 Å². The first kappa shape index (κ1) is 14.9. The molecule has 0 atom stereocenters. The summed E-state index contributed by atoms with van der Waals surface area (Å²) in [5.74, 6) is -0.388. The fourth-order valence-electron chi connectivity index (χ4n) is 2.23. The van der Waals surface area contributed by atoms with Gasteiger partial charge in [0.1, 0.15) is 10.8 Å². The van der Waals surface area contributed by atoms with Crippen LogP contribution in [0.1, 0.15) is 36.8 Å². The summed E-state index contributed by atoms with van der Waals surface area (Å²) in [4.78, 5) is 6.03. The monoisotopic (exact) mass is 324 g/mol. The van der Waals surface area contributed by atoms with Crippen LogP contribution in [-0.4, -0.2) is 11.0 Å². The van der Waals surface area contributed by atoms with Crippen molar-refractivity contribution in [1.29, 1.82) is 0 Å². The summed E-state index contributed by atoms with van der Waals surface area (Å²) in [6, 6.07) is 5.49. The van der Waals surface area contributed by atoms with E-state index in [9.17, 15) is 4.39 Å². The van der Waals surface area contributed by atoms with E-state index in [1.807, 2.05) is 0 Å². The zero-order valence-electron chi connectivity index (χ0n) is 12.0. The van der Waals surface area contributed by atoms with Crippen molar-refractivity contribution in [3.8, 4) is 10.6 Å². The zero-order chi connectivity index (χ0) is 14.8. The summed E-state index contributed by atoms with van der Waals surface area (Å²) in [7, 11) is 0. The van der Waals surface area contributed by atoms with Gasteiger partial charge in [-0.25, -0.2) is 9.37 Å². The van der Waals surface area contributed by atoms with E-state index in [4.69, 9.17) is 16.6 Å². The molecule has 2 aromatic rings. The SMILES string of the molecule is CCCc1nc(-c2ccc(F)c(Cl)c2)sc1CNC1CC1. The van der Waals surface area contributed by atoms with Gasteiger partial charge in [0.05, 0.1) is 10.7 Å². The van der Waals surface area contributed by atoms with Gasteiger partial charge in [-0.05, 0) is 37.5 Å². The molecule has 1 aliphatic rings. The lowest BCUT2D eigenvalue weighted by molar-refractivity contribution is 0.628. The average molecular weight is 325 g/mol. The number of hydrogen-bond donors (Lipinski definition) is 1. The van der Waals surface area contributed by atoms with Gasteiger partial charge < -0.3 is 5.32 Å². The van der Waals surface area contributed by atoms with Gasteiger partial charge >= 0.3 is 0 Å². The molecule has 0 aliphatic heterocycles. The fourth-order valence-corrected chi connectivity index (χ4v) is 3.47. The summed E-state index contributed by atoms with van der Waals surface area (Å²) < 4.78 is 13.3. The molecule has 21 heavy (non-hydrogen) atoms. The molecule has 112 valence electrons. The molecule has 2 nitrogen and oxygen atoms in total. The second kappa shape index (κ2) is 6.42. The highest BCUT2D eigenvalue weighted by Gasteiger charge is 2.21. The van der Waals surface area contributed by atoms with E-state index in [0.717, 1.165) is 35.7 Å². The van der Waals surface area contributed by atoms with Crippen LogP contribution in [0.3, 0.4) is 0 Å². The molecule has 0 bridgehead atoms. The Morgan fingerprint density at radius 2 is 2.24 bits per heavy atom. The van der Waals surface area contributed by atoms with Crippen LogP contribution in [0.25, 0.3) is 10.6 Å². The van der Waals surface area contributed by atoms with E-state index in [0.29, 0.717) is 6.04 Å². The minimum atomic E-state index is -0.388. The molecule has 5 heteroatoms. The molecule has 0 spiro atoms. The summed E-state index contributed by atoms with van der Waals surface area (Å²) in [5, 5.41) is 4.62. The Balaban J connectivity index is 1.86. The van der Waals surface area contributed by atoms with E-state index in [1.54, 1.807) is 23.5 Å². The molecule has 0 radical (unpaired) electrons. The quantitative estimate of drug-likeness (QED) is 0.825. The van der Waals surface area contributed by atoms with Crippen molar-refractivity contribution in [3.63, 3.8) is 0 Å². The maximum Gasteiger partial charge on any atom is 0.141 e. The fraction of sp³-hybridized carbons (Fsp3) is 0.438. The summed E-state index contributed by atoms with van der Waals surface area (Å²) in [5.41, 5.74) is 2.05. The van der Waals surface area contributed by atoms with Gasteiger partial charge in [-0.2, -0.15) is 0 Å². The number of aromatic nitrogens is 1. The largest absolute Gasteiger partial charge is 0.309 e. The third-order valence-corrected chi connectivity index (χ3v) is 5.00. The van der Waals surface area contributed by atoms with E-state index in [1.165, 1.54) is 23.8 Å². The number of halogens is 2. The van der Waals surface area contributed by atoms with Crippen molar-refractivity contribution in [2.45, 2.75) is 45.2 Å². The molecule has 0 unspecified atom stereocenters. The number of rotatable bonds is 6.